The minimum absolute atomic E-state index is 0.0610. The number of hydrogen-bond donors (Lipinski definition) is 1. The third-order valence-electron chi connectivity index (χ3n) is 5.58. The van der Waals surface area contributed by atoms with Crippen molar-refractivity contribution in [2.75, 3.05) is 45.2 Å². The minimum atomic E-state index is 0.0610. The molecule has 6 nitrogen and oxygen atoms in total. The quantitative estimate of drug-likeness (QED) is 0.669. The number of nitrogens with one attached hydrogen (secondary N) is 1. The summed E-state index contributed by atoms with van der Waals surface area (Å²) in [6, 6.07) is 15.6. The molecule has 0 spiro atoms. The van der Waals surface area contributed by atoms with Gasteiger partial charge in [-0.1, -0.05) is 31.2 Å². The van der Waals surface area contributed by atoms with Gasteiger partial charge < -0.3 is 15.0 Å². The Balaban J connectivity index is 1.58. The van der Waals surface area contributed by atoms with Crippen LogP contribution in [-0.4, -0.2) is 60.5 Å². The van der Waals surface area contributed by atoms with Crippen LogP contribution in [0.2, 0.25) is 0 Å². The van der Waals surface area contributed by atoms with Gasteiger partial charge in [-0.05, 0) is 42.6 Å². The normalized spacial score (nSPS) is 14.7. The van der Waals surface area contributed by atoms with Crippen LogP contribution in [0.15, 0.2) is 54.7 Å². The van der Waals surface area contributed by atoms with Gasteiger partial charge in [0, 0.05) is 43.4 Å². The first-order valence-electron chi connectivity index (χ1n) is 10.5. The van der Waals surface area contributed by atoms with E-state index in [1.54, 1.807) is 13.3 Å². The molecule has 2 heterocycles. The van der Waals surface area contributed by atoms with Gasteiger partial charge in [0.1, 0.15) is 11.6 Å². The number of ether oxygens (including phenoxy) is 1. The lowest BCUT2D eigenvalue weighted by Gasteiger charge is -2.34. The summed E-state index contributed by atoms with van der Waals surface area (Å²) in [5, 5.41) is 5.22. The zero-order valence-corrected chi connectivity index (χ0v) is 17.6. The number of rotatable bonds is 6. The highest BCUT2D eigenvalue weighted by molar-refractivity contribution is 6.09. The monoisotopic (exact) mass is 404 g/mol. The number of hydrogen-bond acceptors (Lipinski definition) is 5. The lowest BCUT2D eigenvalue weighted by atomic mass is 10.1. The van der Waals surface area contributed by atoms with Crippen LogP contribution in [0.25, 0.3) is 10.8 Å². The summed E-state index contributed by atoms with van der Waals surface area (Å²) in [5.74, 6) is 1.60. The third kappa shape index (κ3) is 4.24. The molecule has 156 valence electrons. The Hall–Kier alpha value is -3.12. The van der Waals surface area contributed by atoms with Gasteiger partial charge in [-0.3, -0.25) is 9.69 Å². The smallest absolute Gasteiger partial charge is 0.256 e. The van der Waals surface area contributed by atoms with Crippen molar-refractivity contribution >= 4 is 28.2 Å². The molecule has 1 fully saturated rings. The van der Waals surface area contributed by atoms with Crippen molar-refractivity contribution in [1.82, 2.24) is 14.8 Å². The molecule has 6 heteroatoms. The Morgan fingerprint density at radius 2 is 1.73 bits per heavy atom. The van der Waals surface area contributed by atoms with Gasteiger partial charge in [0.2, 0.25) is 0 Å². The van der Waals surface area contributed by atoms with Gasteiger partial charge in [0.15, 0.2) is 0 Å². The summed E-state index contributed by atoms with van der Waals surface area (Å²) < 4.78 is 5.22. The summed E-state index contributed by atoms with van der Waals surface area (Å²) in [4.78, 5) is 22.2. The standard InChI is InChI=1S/C24H28N4O2/c1-3-12-27-13-15-28(16-14-27)24(29)22-17-25-23(21-7-5-4-6-20(21)22)26-18-8-10-19(30-2)11-9-18/h4-11,17H,3,12-16H2,1-2H3,(H,25,26). The van der Waals surface area contributed by atoms with Gasteiger partial charge in [-0.15, -0.1) is 0 Å². The fourth-order valence-corrected chi connectivity index (χ4v) is 3.93. The number of anilines is 2. The molecule has 3 aromatic rings. The number of nitrogens with zero attached hydrogens (tertiary/aromatic N) is 3. The van der Waals surface area contributed by atoms with E-state index in [1.807, 2.05) is 53.4 Å². The molecular weight excluding hydrogens is 376 g/mol. The first-order chi connectivity index (χ1) is 14.7. The molecule has 1 saturated heterocycles. The van der Waals surface area contributed by atoms with E-state index in [4.69, 9.17) is 4.74 Å². The zero-order valence-electron chi connectivity index (χ0n) is 17.6. The van der Waals surface area contributed by atoms with E-state index >= 15 is 0 Å². The molecule has 1 aliphatic rings. The van der Waals surface area contributed by atoms with Gasteiger partial charge in [0.05, 0.1) is 12.7 Å². The first kappa shape index (κ1) is 20.2. The van der Waals surface area contributed by atoms with E-state index in [2.05, 4.69) is 22.1 Å². The Morgan fingerprint density at radius 3 is 2.40 bits per heavy atom. The van der Waals surface area contributed by atoms with Crippen molar-refractivity contribution in [3.05, 3.63) is 60.3 Å². The molecule has 0 radical (unpaired) electrons. The fraction of sp³-hybridized carbons (Fsp3) is 0.333. The van der Waals surface area contributed by atoms with Crippen LogP contribution in [0.4, 0.5) is 11.5 Å². The average Bonchev–Trinajstić information content (AvgIpc) is 2.80. The number of fused-ring (bicyclic) bond motifs is 1. The number of aromatic nitrogens is 1. The molecule has 30 heavy (non-hydrogen) atoms. The molecule has 4 rings (SSSR count). The highest BCUT2D eigenvalue weighted by Crippen LogP contribution is 2.28. The van der Waals surface area contributed by atoms with E-state index in [0.717, 1.165) is 67.2 Å². The highest BCUT2D eigenvalue weighted by Gasteiger charge is 2.23. The fourth-order valence-electron chi connectivity index (χ4n) is 3.93. The molecule has 0 saturated carbocycles. The zero-order chi connectivity index (χ0) is 20.9. The van der Waals surface area contributed by atoms with Crippen molar-refractivity contribution in [3.8, 4) is 5.75 Å². The predicted octanol–water partition coefficient (Wildman–Crippen LogP) is 4.15. The Labute approximate surface area is 177 Å². The van der Waals surface area contributed by atoms with E-state index in [1.165, 1.54) is 0 Å². The summed E-state index contributed by atoms with van der Waals surface area (Å²) in [6.45, 7) is 6.68. The summed E-state index contributed by atoms with van der Waals surface area (Å²) in [6.07, 6.45) is 2.85. The average molecular weight is 405 g/mol. The summed E-state index contributed by atoms with van der Waals surface area (Å²) in [5.41, 5.74) is 1.58. The van der Waals surface area contributed by atoms with Gasteiger partial charge in [-0.2, -0.15) is 0 Å². The third-order valence-corrected chi connectivity index (χ3v) is 5.58. The highest BCUT2D eigenvalue weighted by atomic mass is 16.5. The van der Waals surface area contributed by atoms with Crippen LogP contribution in [-0.2, 0) is 0 Å². The number of carbonyl (C=O) groups excluding carboxylic acids is 1. The lowest BCUT2D eigenvalue weighted by molar-refractivity contribution is 0.0639. The number of piperazine rings is 1. The van der Waals surface area contributed by atoms with Gasteiger partial charge in [0.25, 0.3) is 5.91 Å². The van der Waals surface area contributed by atoms with Crippen LogP contribution in [0.1, 0.15) is 23.7 Å². The molecule has 0 atom stereocenters. The Morgan fingerprint density at radius 1 is 1.03 bits per heavy atom. The molecule has 0 bridgehead atoms. The van der Waals surface area contributed by atoms with Crippen molar-refractivity contribution in [2.45, 2.75) is 13.3 Å². The maximum absolute atomic E-state index is 13.3. The summed E-state index contributed by atoms with van der Waals surface area (Å²) in [7, 11) is 1.65. The van der Waals surface area contributed by atoms with Crippen LogP contribution < -0.4 is 10.1 Å². The van der Waals surface area contributed by atoms with Gasteiger partial charge >= 0.3 is 0 Å². The first-order valence-corrected chi connectivity index (χ1v) is 10.5. The molecule has 2 aromatic carbocycles. The Bertz CT molecular complexity index is 1010. The number of pyridine rings is 1. The second kappa shape index (κ2) is 9.13. The van der Waals surface area contributed by atoms with Crippen molar-refractivity contribution in [3.63, 3.8) is 0 Å². The topological polar surface area (TPSA) is 57.7 Å². The molecule has 1 aliphatic heterocycles. The second-order valence-electron chi connectivity index (χ2n) is 7.55. The molecule has 0 unspecified atom stereocenters. The van der Waals surface area contributed by atoms with E-state index in [9.17, 15) is 4.79 Å². The molecule has 1 amide bonds. The second-order valence-corrected chi connectivity index (χ2v) is 7.55. The van der Waals surface area contributed by atoms with E-state index in [-0.39, 0.29) is 5.91 Å². The number of carbonyl (C=O) groups is 1. The van der Waals surface area contributed by atoms with E-state index in [0.29, 0.717) is 5.56 Å². The largest absolute Gasteiger partial charge is 0.497 e. The van der Waals surface area contributed by atoms with Gasteiger partial charge in [-0.25, -0.2) is 4.98 Å². The van der Waals surface area contributed by atoms with Crippen molar-refractivity contribution in [2.24, 2.45) is 0 Å². The van der Waals surface area contributed by atoms with Crippen molar-refractivity contribution < 1.29 is 9.53 Å². The minimum Gasteiger partial charge on any atom is -0.497 e. The Kier molecular flexibility index (Phi) is 6.14. The molecular formula is C24H28N4O2. The maximum Gasteiger partial charge on any atom is 0.256 e. The van der Waals surface area contributed by atoms with Crippen LogP contribution in [0.3, 0.4) is 0 Å². The van der Waals surface area contributed by atoms with Crippen LogP contribution in [0.5, 0.6) is 5.75 Å². The molecule has 0 aliphatic carbocycles. The summed E-state index contributed by atoms with van der Waals surface area (Å²) >= 11 is 0. The lowest BCUT2D eigenvalue weighted by Crippen LogP contribution is -2.48. The predicted molar refractivity (Wildman–Crippen MR) is 121 cm³/mol. The van der Waals surface area contributed by atoms with Crippen molar-refractivity contribution in [1.29, 1.82) is 0 Å². The number of amides is 1. The molecule has 1 aromatic heterocycles. The molecule has 1 N–H and O–H groups in total. The number of benzene rings is 2. The van der Waals surface area contributed by atoms with E-state index < -0.39 is 0 Å². The van der Waals surface area contributed by atoms with Crippen LogP contribution >= 0.6 is 0 Å². The number of methoxy groups -OCH3 is 1. The SMILES string of the molecule is CCCN1CCN(C(=O)c2cnc(Nc3ccc(OC)cc3)c3ccccc23)CC1. The van der Waals surface area contributed by atoms with Crippen LogP contribution in [0, 0.1) is 0 Å². The maximum atomic E-state index is 13.3.